The predicted octanol–water partition coefficient (Wildman–Crippen LogP) is 2.86. The molecule has 0 bridgehead atoms. The molecule has 0 amide bonds. The zero-order valence-electron chi connectivity index (χ0n) is 12.8. The Morgan fingerprint density at radius 3 is 2.14 bits per heavy atom. The second-order valence-corrected chi connectivity index (χ2v) is 6.22. The molecule has 0 spiro atoms. The Morgan fingerprint density at radius 2 is 1.59 bits per heavy atom. The van der Waals surface area contributed by atoms with Crippen molar-refractivity contribution in [2.24, 2.45) is 4.40 Å². The molecule has 4 nitrogen and oxygen atoms in total. The number of benzene rings is 2. The molecule has 2 aromatic carbocycles. The summed E-state index contributed by atoms with van der Waals surface area (Å²) in [7, 11) is 1.82. The molecule has 22 heavy (non-hydrogen) atoms. The number of likely N-dealkylation sites (N-methyl/N-ethyl adjacent to an activating group) is 1. The zero-order chi connectivity index (χ0) is 16.1. The van der Waals surface area contributed by atoms with Crippen LogP contribution in [0.4, 0.5) is 0 Å². The van der Waals surface area contributed by atoms with Gasteiger partial charge in [-0.15, -0.1) is 0 Å². The number of amidine groups is 1. The van der Waals surface area contributed by atoms with E-state index in [1.165, 1.54) is 0 Å². The number of rotatable bonds is 4. The van der Waals surface area contributed by atoms with E-state index in [1.54, 1.807) is 55.4 Å². The lowest BCUT2D eigenvalue weighted by atomic mass is 10.1. The molecule has 1 atom stereocenters. The van der Waals surface area contributed by atoms with Crippen LogP contribution in [0, 0.1) is 6.92 Å². The van der Waals surface area contributed by atoms with Crippen molar-refractivity contribution >= 4 is 22.6 Å². The van der Waals surface area contributed by atoms with Gasteiger partial charge in [0.2, 0.25) is 5.78 Å². The summed E-state index contributed by atoms with van der Waals surface area (Å²) in [5.74, 6) is -0.0730. The Balaban J connectivity index is 2.33. The number of hydrogen-bond acceptors (Lipinski definition) is 2. The standard InChI is InChI=1S/C17H18N2O2S/c1-13-9-11-15(12-10-13)22(21)18-17(19(2)3)16(20)14-7-5-4-6-8-14/h4-12H,1-3H3/b18-17-. The van der Waals surface area contributed by atoms with Crippen LogP contribution < -0.4 is 0 Å². The minimum atomic E-state index is -1.61. The van der Waals surface area contributed by atoms with E-state index >= 15 is 0 Å². The van der Waals surface area contributed by atoms with Crippen LogP contribution >= 0.6 is 0 Å². The maximum atomic E-state index is 12.5. The van der Waals surface area contributed by atoms with E-state index in [2.05, 4.69) is 4.40 Å². The molecule has 5 heteroatoms. The third-order valence-electron chi connectivity index (χ3n) is 3.05. The van der Waals surface area contributed by atoms with Gasteiger partial charge in [0.15, 0.2) is 16.8 Å². The summed E-state index contributed by atoms with van der Waals surface area (Å²) in [6, 6.07) is 16.1. The normalized spacial score (nSPS) is 12.8. The minimum Gasteiger partial charge on any atom is -0.359 e. The molecule has 0 aromatic heterocycles. The number of ketones is 1. The first-order valence-corrected chi connectivity index (χ1v) is 7.94. The lowest BCUT2D eigenvalue weighted by molar-refractivity contribution is 0.105. The second-order valence-electron chi connectivity index (χ2n) is 5.07. The van der Waals surface area contributed by atoms with Crippen LogP contribution in [0.25, 0.3) is 0 Å². The van der Waals surface area contributed by atoms with Crippen LogP contribution in [0.2, 0.25) is 0 Å². The second kappa shape index (κ2) is 7.13. The van der Waals surface area contributed by atoms with Crippen molar-refractivity contribution < 1.29 is 9.00 Å². The largest absolute Gasteiger partial charge is 0.359 e. The van der Waals surface area contributed by atoms with Gasteiger partial charge in [-0.05, 0) is 19.1 Å². The predicted molar refractivity (Wildman–Crippen MR) is 89.5 cm³/mol. The van der Waals surface area contributed by atoms with E-state index in [9.17, 15) is 9.00 Å². The van der Waals surface area contributed by atoms with E-state index in [0.29, 0.717) is 10.5 Å². The fraction of sp³-hybridized carbons (Fsp3) is 0.176. The first-order valence-electron chi connectivity index (χ1n) is 6.83. The molecule has 2 rings (SSSR count). The van der Waals surface area contributed by atoms with Crippen molar-refractivity contribution in [3.63, 3.8) is 0 Å². The van der Waals surface area contributed by atoms with Gasteiger partial charge >= 0.3 is 0 Å². The molecular formula is C17H18N2O2S. The number of carbonyl (C=O) groups is 1. The average molecular weight is 314 g/mol. The van der Waals surface area contributed by atoms with Crippen molar-refractivity contribution in [3.05, 3.63) is 65.7 Å². The molecular weight excluding hydrogens is 296 g/mol. The first kappa shape index (κ1) is 16.1. The molecule has 0 heterocycles. The van der Waals surface area contributed by atoms with Crippen molar-refractivity contribution in [3.8, 4) is 0 Å². The fourth-order valence-electron chi connectivity index (χ4n) is 1.83. The lowest BCUT2D eigenvalue weighted by Crippen LogP contribution is -2.30. The first-order chi connectivity index (χ1) is 10.5. The number of hydrogen-bond donors (Lipinski definition) is 0. The minimum absolute atomic E-state index is 0.171. The molecule has 1 unspecified atom stereocenters. The SMILES string of the molecule is Cc1ccc(S(=O)/N=C(/C(=O)c2ccccc2)N(C)C)cc1. The smallest absolute Gasteiger partial charge is 0.228 e. The summed E-state index contributed by atoms with van der Waals surface area (Å²) in [6.07, 6.45) is 0. The van der Waals surface area contributed by atoms with Gasteiger partial charge in [0.25, 0.3) is 0 Å². The van der Waals surface area contributed by atoms with Crippen LogP contribution in [0.5, 0.6) is 0 Å². The summed E-state index contributed by atoms with van der Waals surface area (Å²) in [5, 5.41) is 0. The van der Waals surface area contributed by atoms with Gasteiger partial charge < -0.3 is 4.90 Å². The van der Waals surface area contributed by atoms with Gasteiger partial charge in [-0.2, -0.15) is 4.40 Å². The van der Waals surface area contributed by atoms with E-state index < -0.39 is 11.0 Å². The van der Waals surface area contributed by atoms with E-state index in [-0.39, 0.29) is 11.6 Å². The van der Waals surface area contributed by atoms with Crippen molar-refractivity contribution in [2.45, 2.75) is 11.8 Å². The monoisotopic (exact) mass is 314 g/mol. The van der Waals surface area contributed by atoms with E-state index in [4.69, 9.17) is 0 Å². The number of Topliss-reactive ketones (excluding diaryl/α,β-unsaturated/α-hetero) is 1. The van der Waals surface area contributed by atoms with Crippen LogP contribution in [0.3, 0.4) is 0 Å². The molecule has 0 aliphatic carbocycles. The molecule has 0 aliphatic rings. The molecule has 114 valence electrons. The molecule has 0 fully saturated rings. The van der Waals surface area contributed by atoms with Crippen LogP contribution in [-0.4, -0.2) is 34.8 Å². The molecule has 0 N–H and O–H groups in total. The molecule has 0 aliphatic heterocycles. The summed E-state index contributed by atoms with van der Waals surface area (Å²) in [5.41, 5.74) is 1.61. The highest BCUT2D eigenvalue weighted by molar-refractivity contribution is 7.84. The summed E-state index contributed by atoms with van der Waals surface area (Å²) < 4.78 is 16.5. The fourth-order valence-corrected chi connectivity index (χ4v) is 2.71. The maximum absolute atomic E-state index is 12.5. The number of nitrogens with zero attached hydrogens (tertiary/aromatic N) is 2. The Bertz CT molecular complexity index is 707. The van der Waals surface area contributed by atoms with Crippen LogP contribution in [-0.2, 0) is 11.0 Å². The van der Waals surface area contributed by atoms with E-state index in [1.807, 2.05) is 25.1 Å². The van der Waals surface area contributed by atoms with E-state index in [0.717, 1.165) is 5.56 Å². The van der Waals surface area contributed by atoms with Gasteiger partial charge in [-0.25, -0.2) is 4.21 Å². The van der Waals surface area contributed by atoms with Gasteiger partial charge in [0.05, 0.1) is 4.90 Å². The summed E-state index contributed by atoms with van der Waals surface area (Å²) >= 11 is 0. The third-order valence-corrected chi connectivity index (χ3v) is 4.07. The quantitative estimate of drug-likeness (QED) is 0.495. The van der Waals surface area contributed by atoms with Crippen LogP contribution in [0.15, 0.2) is 63.9 Å². The van der Waals surface area contributed by atoms with Crippen molar-refractivity contribution in [2.75, 3.05) is 14.1 Å². The Kier molecular flexibility index (Phi) is 5.22. The summed E-state index contributed by atoms with van der Waals surface area (Å²) in [4.78, 5) is 14.7. The highest BCUT2D eigenvalue weighted by Crippen LogP contribution is 2.11. The van der Waals surface area contributed by atoms with Gasteiger partial charge in [0, 0.05) is 19.7 Å². The number of aryl methyl sites for hydroxylation is 1. The zero-order valence-corrected chi connectivity index (χ0v) is 13.6. The molecule has 2 aromatic rings. The van der Waals surface area contributed by atoms with Gasteiger partial charge in [-0.3, -0.25) is 4.79 Å². The highest BCUT2D eigenvalue weighted by Gasteiger charge is 2.17. The highest BCUT2D eigenvalue weighted by atomic mass is 32.2. The maximum Gasteiger partial charge on any atom is 0.228 e. The number of carbonyl (C=O) groups excluding carboxylic acids is 1. The van der Waals surface area contributed by atoms with Crippen LogP contribution in [0.1, 0.15) is 15.9 Å². The van der Waals surface area contributed by atoms with Crippen molar-refractivity contribution in [1.29, 1.82) is 0 Å². The Hall–Kier alpha value is -2.27. The lowest BCUT2D eigenvalue weighted by Gasteiger charge is -2.14. The molecule has 0 saturated heterocycles. The van der Waals surface area contributed by atoms with Gasteiger partial charge in [0.1, 0.15) is 0 Å². The average Bonchev–Trinajstić information content (AvgIpc) is 2.53. The molecule has 0 saturated carbocycles. The van der Waals surface area contributed by atoms with Gasteiger partial charge in [-0.1, -0.05) is 48.0 Å². The Morgan fingerprint density at radius 1 is 1.00 bits per heavy atom. The Labute approximate surface area is 133 Å². The molecule has 0 radical (unpaired) electrons. The topological polar surface area (TPSA) is 49.7 Å². The van der Waals surface area contributed by atoms with Crippen molar-refractivity contribution in [1.82, 2.24) is 4.90 Å². The summed E-state index contributed by atoms with van der Waals surface area (Å²) in [6.45, 7) is 1.96. The third kappa shape index (κ3) is 3.89.